The van der Waals surface area contributed by atoms with Crippen LogP contribution in [0.3, 0.4) is 0 Å². The summed E-state index contributed by atoms with van der Waals surface area (Å²) in [5.41, 5.74) is -0.731. The number of amides is 1. The van der Waals surface area contributed by atoms with E-state index in [0.717, 1.165) is 6.07 Å². The van der Waals surface area contributed by atoms with Gasteiger partial charge in [0.1, 0.15) is 11.4 Å². The van der Waals surface area contributed by atoms with Crippen molar-refractivity contribution in [3.63, 3.8) is 0 Å². The van der Waals surface area contributed by atoms with Gasteiger partial charge in [-0.2, -0.15) is 11.8 Å². The van der Waals surface area contributed by atoms with Crippen LogP contribution >= 0.6 is 23.4 Å². The van der Waals surface area contributed by atoms with Crippen molar-refractivity contribution in [3.8, 4) is 0 Å². The molecule has 0 aliphatic carbocycles. The number of aliphatic carboxylic acids is 1. The molecule has 0 saturated carbocycles. The number of carbonyl (C=O) groups excluding carboxylic acids is 1. The average Bonchev–Trinajstić information content (AvgIpc) is 2.82. The second-order valence-electron chi connectivity index (χ2n) is 4.65. The molecule has 1 amide bonds. The maximum atomic E-state index is 12.9. The predicted molar refractivity (Wildman–Crippen MR) is 75.6 cm³/mol. The van der Waals surface area contributed by atoms with Crippen molar-refractivity contribution in [2.75, 3.05) is 11.5 Å². The predicted octanol–water partition coefficient (Wildman–Crippen LogP) is 2.10. The largest absolute Gasteiger partial charge is 0.479 e. The van der Waals surface area contributed by atoms with Crippen molar-refractivity contribution in [1.82, 2.24) is 5.32 Å². The molecule has 1 atom stereocenters. The summed E-state index contributed by atoms with van der Waals surface area (Å²) in [6.07, 6.45) is 0.328. The zero-order valence-corrected chi connectivity index (χ0v) is 12.1. The lowest BCUT2D eigenvalue weighted by Crippen LogP contribution is -2.55. The molecule has 1 fully saturated rings. The lowest BCUT2D eigenvalue weighted by Gasteiger charge is -2.24. The number of halogens is 2. The smallest absolute Gasteiger partial charge is 0.330 e. The van der Waals surface area contributed by atoms with Crippen molar-refractivity contribution < 1.29 is 19.1 Å². The number of hydrogen-bond donors (Lipinski definition) is 2. The highest BCUT2D eigenvalue weighted by molar-refractivity contribution is 7.99. The fourth-order valence-corrected chi connectivity index (χ4v) is 3.59. The maximum absolute atomic E-state index is 12.9. The number of carboxylic acid groups (broad SMARTS) is 1. The molecular weight excluding hydrogens is 305 g/mol. The molecule has 1 aliphatic heterocycles. The van der Waals surface area contributed by atoms with Gasteiger partial charge in [0.05, 0.1) is 6.42 Å². The first-order chi connectivity index (χ1) is 9.43. The Bertz CT molecular complexity index is 546. The fraction of sp³-hybridized carbons (Fsp3) is 0.385. The van der Waals surface area contributed by atoms with Gasteiger partial charge in [-0.3, -0.25) is 4.79 Å². The van der Waals surface area contributed by atoms with E-state index in [9.17, 15) is 19.1 Å². The van der Waals surface area contributed by atoms with Crippen molar-refractivity contribution in [1.29, 1.82) is 0 Å². The summed E-state index contributed by atoms with van der Waals surface area (Å²) in [7, 11) is 0. The van der Waals surface area contributed by atoms with Gasteiger partial charge in [0.15, 0.2) is 0 Å². The van der Waals surface area contributed by atoms with Crippen molar-refractivity contribution in [2.24, 2.45) is 0 Å². The third-order valence-corrected chi connectivity index (χ3v) is 4.72. The molecule has 20 heavy (non-hydrogen) atoms. The first-order valence-electron chi connectivity index (χ1n) is 5.99. The minimum absolute atomic E-state index is 0.0706. The van der Waals surface area contributed by atoms with Crippen LogP contribution in [0.5, 0.6) is 0 Å². The van der Waals surface area contributed by atoms with Gasteiger partial charge in [-0.25, -0.2) is 9.18 Å². The van der Waals surface area contributed by atoms with Crippen LogP contribution in [0.25, 0.3) is 0 Å². The van der Waals surface area contributed by atoms with E-state index < -0.39 is 23.2 Å². The number of hydrogen-bond acceptors (Lipinski definition) is 3. The zero-order chi connectivity index (χ0) is 14.8. The van der Waals surface area contributed by atoms with Crippen LogP contribution in [0, 0.1) is 5.82 Å². The lowest BCUT2D eigenvalue weighted by atomic mass is 9.98. The van der Waals surface area contributed by atoms with E-state index in [1.807, 2.05) is 0 Å². The minimum Gasteiger partial charge on any atom is -0.479 e. The molecule has 0 radical (unpaired) electrons. The summed E-state index contributed by atoms with van der Waals surface area (Å²) in [5, 5.41) is 12.0. The van der Waals surface area contributed by atoms with Crippen LogP contribution in [0.4, 0.5) is 4.39 Å². The van der Waals surface area contributed by atoms with Gasteiger partial charge in [-0.15, -0.1) is 0 Å². The summed E-state index contributed by atoms with van der Waals surface area (Å²) in [6, 6.07) is 3.77. The van der Waals surface area contributed by atoms with Gasteiger partial charge >= 0.3 is 5.97 Å². The number of nitrogens with one attached hydrogen (secondary N) is 1. The van der Waals surface area contributed by atoms with Gasteiger partial charge in [-0.05, 0) is 29.9 Å². The summed E-state index contributed by atoms with van der Waals surface area (Å²) in [6.45, 7) is 0. The van der Waals surface area contributed by atoms with Gasteiger partial charge in [-0.1, -0.05) is 17.7 Å². The normalized spacial score (nSPS) is 21.7. The Kier molecular flexibility index (Phi) is 4.55. The highest BCUT2D eigenvalue weighted by atomic mass is 35.5. The van der Waals surface area contributed by atoms with E-state index in [4.69, 9.17) is 11.6 Å². The highest BCUT2D eigenvalue weighted by Gasteiger charge is 2.43. The molecule has 1 aromatic carbocycles. The second kappa shape index (κ2) is 6.01. The van der Waals surface area contributed by atoms with Crippen molar-refractivity contribution in [2.45, 2.75) is 18.4 Å². The highest BCUT2D eigenvalue weighted by Crippen LogP contribution is 2.28. The number of carboxylic acids is 1. The molecule has 108 valence electrons. The molecule has 2 rings (SSSR count). The van der Waals surface area contributed by atoms with Crippen LogP contribution in [-0.2, 0) is 16.0 Å². The Morgan fingerprint density at radius 2 is 2.25 bits per heavy atom. The molecule has 1 aromatic rings. The molecule has 0 aromatic heterocycles. The van der Waals surface area contributed by atoms with E-state index in [1.165, 1.54) is 23.9 Å². The molecule has 4 nitrogen and oxygen atoms in total. The van der Waals surface area contributed by atoms with Gasteiger partial charge in [0, 0.05) is 10.8 Å². The Morgan fingerprint density at radius 3 is 2.80 bits per heavy atom. The zero-order valence-electron chi connectivity index (χ0n) is 10.5. The van der Waals surface area contributed by atoms with Gasteiger partial charge in [0.25, 0.3) is 0 Å². The molecule has 1 saturated heterocycles. The Balaban J connectivity index is 2.07. The second-order valence-corrected chi connectivity index (χ2v) is 6.16. The average molecular weight is 318 g/mol. The molecule has 0 spiro atoms. The third kappa shape index (κ3) is 3.24. The van der Waals surface area contributed by atoms with Crippen LogP contribution < -0.4 is 5.32 Å². The number of benzene rings is 1. The Morgan fingerprint density at radius 1 is 1.50 bits per heavy atom. The maximum Gasteiger partial charge on any atom is 0.330 e. The SMILES string of the molecule is O=C(Cc1ccc(F)cc1Cl)NC1(C(=O)O)CCSC1. The molecule has 2 N–H and O–H groups in total. The van der Waals surface area contributed by atoms with Crippen LogP contribution in [0.15, 0.2) is 18.2 Å². The summed E-state index contributed by atoms with van der Waals surface area (Å²) < 4.78 is 12.9. The summed E-state index contributed by atoms with van der Waals surface area (Å²) >= 11 is 7.34. The number of carbonyl (C=O) groups is 2. The minimum atomic E-state index is -1.20. The van der Waals surface area contributed by atoms with E-state index in [1.54, 1.807) is 0 Å². The Hall–Kier alpha value is -1.27. The molecule has 1 heterocycles. The molecule has 1 unspecified atom stereocenters. The van der Waals surface area contributed by atoms with Crippen molar-refractivity contribution in [3.05, 3.63) is 34.6 Å². The third-order valence-electron chi connectivity index (χ3n) is 3.18. The Labute approximate surface area is 124 Å². The summed E-state index contributed by atoms with van der Waals surface area (Å²) in [4.78, 5) is 23.3. The van der Waals surface area contributed by atoms with Crippen LogP contribution in [0.2, 0.25) is 5.02 Å². The molecule has 0 bridgehead atoms. The van der Waals surface area contributed by atoms with E-state index in [2.05, 4.69) is 5.32 Å². The molecular formula is C13H13ClFNO3S. The summed E-state index contributed by atoms with van der Waals surface area (Å²) in [5.74, 6) is -0.882. The topological polar surface area (TPSA) is 66.4 Å². The first-order valence-corrected chi connectivity index (χ1v) is 7.52. The lowest BCUT2D eigenvalue weighted by molar-refractivity contribution is -0.146. The van der Waals surface area contributed by atoms with Crippen LogP contribution in [-0.4, -0.2) is 34.0 Å². The number of thioether (sulfide) groups is 1. The fourth-order valence-electron chi connectivity index (χ4n) is 2.03. The van der Waals surface area contributed by atoms with Crippen molar-refractivity contribution >= 4 is 35.2 Å². The van der Waals surface area contributed by atoms with Crippen LogP contribution in [0.1, 0.15) is 12.0 Å². The molecule has 1 aliphatic rings. The van der Waals surface area contributed by atoms with Gasteiger partial charge in [0.2, 0.25) is 5.91 Å². The first kappa shape index (κ1) is 15.1. The van der Waals surface area contributed by atoms with E-state index >= 15 is 0 Å². The quantitative estimate of drug-likeness (QED) is 0.892. The van der Waals surface area contributed by atoms with E-state index in [-0.39, 0.29) is 11.4 Å². The monoisotopic (exact) mass is 317 g/mol. The van der Waals surface area contributed by atoms with E-state index in [0.29, 0.717) is 23.5 Å². The standard InChI is InChI=1S/C13H13ClFNO3S/c14-10-6-9(15)2-1-8(10)5-11(17)16-13(12(18)19)3-4-20-7-13/h1-2,6H,3-5,7H2,(H,16,17)(H,18,19). The number of rotatable bonds is 4. The molecule has 7 heteroatoms. The van der Waals surface area contributed by atoms with Gasteiger partial charge < -0.3 is 10.4 Å².